The number of aryl methyl sites for hydroxylation is 1. The third-order valence-corrected chi connectivity index (χ3v) is 7.26. The molecule has 0 bridgehead atoms. The van der Waals surface area contributed by atoms with Crippen LogP contribution < -0.4 is 15.0 Å². The van der Waals surface area contributed by atoms with Crippen LogP contribution in [-0.4, -0.2) is 34.7 Å². The van der Waals surface area contributed by atoms with Crippen LogP contribution in [0, 0.1) is 0 Å². The Bertz CT molecular complexity index is 1440. The van der Waals surface area contributed by atoms with Crippen LogP contribution >= 0.6 is 11.6 Å². The van der Waals surface area contributed by atoms with E-state index in [1.165, 1.54) is 17.7 Å². The highest BCUT2D eigenvalue weighted by Gasteiger charge is 2.31. The SMILES string of the molecule is CCc1nc2ccc(Cl)cn2c1C(=O)NCc1ccc(C2CCN(c3ccc(OC(F)(F)F)cc3)CC2)cc1. The number of hydrogen-bond donors (Lipinski definition) is 1. The van der Waals surface area contributed by atoms with Gasteiger partial charge in [0.25, 0.3) is 5.91 Å². The number of nitrogens with one attached hydrogen (secondary N) is 1. The van der Waals surface area contributed by atoms with Gasteiger partial charge in [-0.25, -0.2) is 4.98 Å². The van der Waals surface area contributed by atoms with Crippen molar-refractivity contribution in [1.29, 1.82) is 0 Å². The van der Waals surface area contributed by atoms with Gasteiger partial charge in [-0.1, -0.05) is 42.8 Å². The van der Waals surface area contributed by atoms with E-state index in [1.54, 1.807) is 34.9 Å². The second-order valence-corrected chi connectivity index (χ2v) is 10.00. The normalized spacial score (nSPS) is 14.5. The summed E-state index contributed by atoms with van der Waals surface area (Å²) in [5.74, 6) is -0.0185. The fourth-order valence-corrected chi connectivity index (χ4v) is 5.22. The van der Waals surface area contributed by atoms with E-state index < -0.39 is 6.36 Å². The van der Waals surface area contributed by atoms with E-state index in [-0.39, 0.29) is 11.7 Å². The minimum absolute atomic E-state index is 0.198. The van der Waals surface area contributed by atoms with Crippen molar-refractivity contribution < 1.29 is 22.7 Å². The van der Waals surface area contributed by atoms with E-state index in [1.807, 2.05) is 19.1 Å². The van der Waals surface area contributed by atoms with Gasteiger partial charge in [0.15, 0.2) is 0 Å². The van der Waals surface area contributed by atoms with Gasteiger partial charge in [-0.2, -0.15) is 0 Å². The molecule has 39 heavy (non-hydrogen) atoms. The first-order chi connectivity index (χ1) is 18.7. The van der Waals surface area contributed by atoms with Gasteiger partial charge in [-0.15, -0.1) is 13.2 Å². The highest BCUT2D eigenvalue weighted by Crippen LogP contribution is 2.32. The zero-order valence-electron chi connectivity index (χ0n) is 21.3. The second-order valence-electron chi connectivity index (χ2n) is 9.56. The molecule has 2 aromatic carbocycles. The van der Waals surface area contributed by atoms with Crippen LogP contribution in [0.15, 0.2) is 66.9 Å². The van der Waals surface area contributed by atoms with Gasteiger partial charge in [0.2, 0.25) is 0 Å². The maximum atomic E-state index is 13.0. The smallest absolute Gasteiger partial charge is 0.406 e. The number of rotatable bonds is 7. The molecule has 1 N–H and O–H groups in total. The lowest BCUT2D eigenvalue weighted by Crippen LogP contribution is -2.32. The van der Waals surface area contributed by atoms with E-state index in [2.05, 4.69) is 32.1 Å². The lowest BCUT2D eigenvalue weighted by molar-refractivity contribution is -0.274. The van der Waals surface area contributed by atoms with E-state index in [4.69, 9.17) is 11.6 Å². The molecule has 1 fully saturated rings. The van der Waals surface area contributed by atoms with Crippen molar-refractivity contribution in [3.63, 3.8) is 0 Å². The summed E-state index contributed by atoms with van der Waals surface area (Å²) in [5, 5.41) is 3.54. The first-order valence-corrected chi connectivity index (χ1v) is 13.2. The molecule has 1 aliphatic rings. The summed E-state index contributed by atoms with van der Waals surface area (Å²) in [6, 6.07) is 17.9. The Morgan fingerprint density at radius 3 is 2.38 bits per heavy atom. The van der Waals surface area contributed by atoms with Crippen molar-refractivity contribution in [3.05, 3.63) is 94.4 Å². The molecule has 0 saturated carbocycles. The molecule has 0 spiro atoms. The zero-order chi connectivity index (χ0) is 27.6. The topological polar surface area (TPSA) is 58.9 Å². The summed E-state index contributed by atoms with van der Waals surface area (Å²) in [7, 11) is 0. The molecule has 4 aromatic rings. The van der Waals surface area contributed by atoms with Gasteiger partial charge in [-0.3, -0.25) is 9.20 Å². The van der Waals surface area contributed by atoms with E-state index in [9.17, 15) is 18.0 Å². The standard InChI is InChI=1S/C29H28ClF3N4O2/c1-2-25-27(37-18-22(30)7-12-26(37)35-25)28(38)34-17-19-3-5-20(6-4-19)21-13-15-36(16-14-21)23-8-10-24(11-9-23)39-29(31,32)33/h3-12,18,21H,2,13-17H2,1H3,(H,34,38). The summed E-state index contributed by atoms with van der Waals surface area (Å²) < 4.78 is 42.9. The van der Waals surface area contributed by atoms with Crippen LogP contribution in [0.25, 0.3) is 5.65 Å². The van der Waals surface area contributed by atoms with Gasteiger partial charge in [0, 0.05) is 31.5 Å². The highest BCUT2D eigenvalue weighted by molar-refractivity contribution is 6.30. The van der Waals surface area contributed by atoms with Crippen LogP contribution in [0.4, 0.5) is 18.9 Å². The maximum absolute atomic E-state index is 13.0. The average molecular weight is 557 g/mol. The number of nitrogens with zero attached hydrogens (tertiary/aromatic N) is 3. The summed E-state index contributed by atoms with van der Waals surface area (Å²) in [4.78, 5) is 19.8. The molecular formula is C29H28ClF3N4O2. The minimum Gasteiger partial charge on any atom is -0.406 e. The predicted octanol–water partition coefficient (Wildman–Crippen LogP) is 6.76. The van der Waals surface area contributed by atoms with Crippen LogP contribution in [-0.2, 0) is 13.0 Å². The number of aromatic nitrogens is 2. The van der Waals surface area contributed by atoms with Gasteiger partial charge in [0.05, 0.1) is 10.7 Å². The maximum Gasteiger partial charge on any atom is 0.573 e. The molecule has 3 heterocycles. The quantitative estimate of drug-likeness (QED) is 0.273. The summed E-state index contributed by atoms with van der Waals surface area (Å²) in [6.07, 6.45) is -0.479. The molecule has 10 heteroatoms. The van der Waals surface area contributed by atoms with Crippen molar-refractivity contribution in [2.45, 2.75) is 45.0 Å². The van der Waals surface area contributed by atoms with Crippen molar-refractivity contribution in [3.8, 4) is 5.75 Å². The van der Waals surface area contributed by atoms with Crippen molar-refractivity contribution in [2.24, 2.45) is 0 Å². The van der Waals surface area contributed by atoms with Crippen LogP contribution in [0.2, 0.25) is 5.02 Å². The Morgan fingerprint density at radius 2 is 1.74 bits per heavy atom. The molecule has 0 unspecified atom stereocenters. The number of carbonyl (C=O) groups is 1. The van der Waals surface area contributed by atoms with E-state index in [0.717, 1.165) is 42.9 Å². The molecule has 5 rings (SSSR count). The molecular weight excluding hydrogens is 529 g/mol. The number of anilines is 1. The summed E-state index contributed by atoms with van der Waals surface area (Å²) in [6.45, 7) is 3.98. The van der Waals surface area contributed by atoms with Gasteiger partial charge >= 0.3 is 6.36 Å². The third-order valence-electron chi connectivity index (χ3n) is 7.04. The van der Waals surface area contributed by atoms with Gasteiger partial charge in [0.1, 0.15) is 17.1 Å². The van der Waals surface area contributed by atoms with E-state index >= 15 is 0 Å². The number of hydrogen-bond acceptors (Lipinski definition) is 4. The van der Waals surface area contributed by atoms with E-state index in [0.29, 0.717) is 35.2 Å². The number of carbonyl (C=O) groups excluding carboxylic acids is 1. The lowest BCUT2D eigenvalue weighted by Gasteiger charge is -2.34. The predicted molar refractivity (Wildman–Crippen MR) is 145 cm³/mol. The molecule has 1 aliphatic heterocycles. The Kier molecular flexibility index (Phi) is 7.70. The Labute approximate surface area is 229 Å². The number of imidazole rings is 1. The number of fused-ring (bicyclic) bond motifs is 1. The highest BCUT2D eigenvalue weighted by atomic mass is 35.5. The molecule has 1 amide bonds. The van der Waals surface area contributed by atoms with Crippen LogP contribution in [0.3, 0.4) is 0 Å². The van der Waals surface area contributed by atoms with Crippen molar-refractivity contribution in [2.75, 3.05) is 18.0 Å². The number of piperidine rings is 1. The molecule has 0 aliphatic carbocycles. The number of ether oxygens (including phenoxy) is 1. The molecule has 0 atom stereocenters. The largest absolute Gasteiger partial charge is 0.573 e. The summed E-state index contributed by atoms with van der Waals surface area (Å²) >= 11 is 6.14. The monoisotopic (exact) mass is 556 g/mol. The fourth-order valence-electron chi connectivity index (χ4n) is 5.06. The number of alkyl halides is 3. The average Bonchev–Trinajstić information content (AvgIpc) is 3.29. The van der Waals surface area contributed by atoms with Crippen LogP contribution in [0.1, 0.15) is 53.0 Å². The first-order valence-electron chi connectivity index (χ1n) is 12.8. The Hall–Kier alpha value is -3.72. The third kappa shape index (κ3) is 6.30. The van der Waals surface area contributed by atoms with Crippen LogP contribution in [0.5, 0.6) is 5.75 Å². The lowest BCUT2D eigenvalue weighted by atomic mass is 9.89. The number of pyridine rings is 1. The van der Waals surface area contributed by atoms with Crippen molar-refractivity contribution >= 4 is 28.8 Å². The Balaban J connectivity index is 1.16. The van der Waals surface area contributed by atoms with Gasteiger partial charge in [-0.05, 0) is 72.7 Å². The fraction of sp³-hybridized carbons (Fsp3) is 0.310. The molecule has 2 aromatic heterocycles. The number of halogens is 4. The minimum atomic E-state index is -4.69. The molecule has 6 nitrogen and oxygen atoms in total. The van der Waals surface area contributed by atoms with Crippen molar-refractivity contribution in [1.82, 2.24) is 14.7 Å². The zero-order valence-corrected chi connectivity index (χ0v) is 22.1. The van der Waals surface area contributed by atoms with Gasteiger partial charge < -0.3 is 15.0 Å². The second kappa shape index (κ2) is 11.2. The number of benzene rings is 2. The molecule has 0 radical (unpaired) electrons. The molecule has 1 saturated heterocycles. The first kappa shape index (κ1) is 26.9. The summed E-state index contributed by atoms with van der Waals surface area (Å²) in [5.41, 5.74) is 5.03. The molecule has 204 valence electrons. The Morgan fingerprint density at radius 1 is 1.05 bits per heavy atom. The number of amides is 1.